The first-order valence-electron chi connectivity index (χ1n) is 8.51. The molecule has 27 heavy (non-hydrogen) atoms. The Morgan fingerprint density at radius 3 is 2.26 bits per heavy atom. The summed E-state index contributed by atoms with van der Waals surface area (Å²) in [6.45, 7) is 5.35. The standard InChI is InChI=1S/C21H21NO4S/c1-21(2,3)26-25-20(24)15-11-9-14(10-12-15)17(23)13-19-22(4)16-7-5-6-8-18(16)27-19/h5-13H,1-4H3. The van der Waals surface area contributed by atoms with Crippen LogP contribution in [0.1, 0.15) is 41.5 Å². The smallest absolute Gasteiger partial charge is 0.338 e. The van der Waals surface area contributed by atoms with Crippen molar-refractivity contribution in [3.63, 3.8) is 0 Å². The van der Waals surface area contributed by atoms with E-state index in [0.717, 1.165) is 15.6 Å². The molecule has 0 spiro atoms. The molecule has 0 radical (unpaired) electrons. The van der Waals surface area contributed by atoms with E-state index >= 15 is 0 Å². The third-order valence-corrected chi connectivity index (χ3v) is 4.96. The molecule has 140 valence electrons. The predicted molar refractivity (Wildman–Crippen MR) is 106 cm³/mol. The number of hydrogen-bond acceptors (Lipinski definition) is 6. The van der Waals surface area contributed by atoms with Gasteiger partial charge in [0.2, 0.25) is 0 Å². The highest BCUT2D eigenvalue weighted by atomic mass is 32.2. The molecule has 6 heteroatoms. The number of carbonyl (C=O) groups is 2. The maximum absolute atomic E-state index is 12.6. The van der Waals surface area contributed by atoms with Crippen LogP contribution in [0.15, 0.2) is 64.5 Å². The van der Waals surface area contributed by atoms with Crippen molar-refractivity contribution in [1.29, 1.82) is 0 Å². The van der Waals surface area contributed by atoms with E-state index in [4.69, 9.17) is 9.78 Å². The first kappa shape index (κ1) is 19.2. The second-order valence-corrected chi connectivity index (χ2v) is 8.18. The average molecular weight is 383 g/mol. The van der Waals surface area contributed by atoms with Crippen LogP contribution in [-0.4, -0.2) is 24.4 Å². The number of fused-ring (bicyclic) bond motifs is 1. The summed E-state index contributed by atoms with van der Waals surface area (Å²) in [7, 11) is 1.94. The predicted octanol–water partition coefficient (Wildman–Crippen LogP) is 4.84. The Morgan fingerprint density at radius 1 is 1.00 bits per heavy atom. The van der Waals surface area contributed by atoms with Crippen molar-refractivity contribution < 1.29 is 19.4 Å². The van der Waals surface area contributed by atoms with Gasteiger partial charge in [-0.15, -0.1) is 0 Å². The molecule has 5 nitrogen and oxygen atoms in total. The van der Waals surface area contributed by atoms with Crippen molar-refractivity contribution in [3.05, 3.63) is 70.8 Å². The summed E-state index contributed by atoms with van der Waals surface area (Å²) in [5.41, 5.74) is 1.32. The molecule has 0 saturated heterocycles. The first-order chi connectivity index (χ1) is 12.7. The topological polar surface area (TPSA) is 55.8 Å². The van der Waals surface area contributed by atoms with Gasteiger partial charge in [-0.1, -0.05) is 36.0 Å². The Bertz CT molecular complexity index is 897. The lowest BCUT2D eigenvalue weighted by atomic mass is 10.1. The zero-order chi connectivity index (χ0) is 19.6. The molecule has 1 heterocycles. The van der Waals surface area contributed by atoms with Crippen molar-refractivity contribution in [2.45, 2.75) is 31.3 Å². The zero-order valence-electron chi connectivity index (χ0n) is 15.7. The van der Waals surface area contributed by atoms with Gasteiger partial charge >= 0.3 is 5.97 Å². The quantitative estimate of drug-likeness (QED) is 0.326. The summed E-state index contributed by atoms with van der Waals surface area (Å²) in [5.74, 6) is -0.716. The van der Waals surface area contributed by atoms with E-state index in [9.17, 15) is 9.59 Å². The largest absolute Gasteiger partial charge is 0.373 e. The number of ketones is 1. The molecule has 3 rings (SSSR count). The molecular weight excluding hydrogens is 362 g/mol. The molecule has 2 aromatic carbocycles. The molecule has 0 unspecified atom stereocenters. The van der Waals surface area contributed by atoms with Crippen LogP contribution in [0.4, 0.5) is 5.69 Å². The number of benzene rings is 2. The number of para-hydroxylation sites is 1. The minimum absolute atomic E-state index is 0.122. The van der Waals surface area contributed by atoms with E-state index in [0.29, 0.717) is 11.1 Å². The minimum atomic E-state index is -0.594. The van der Waals surface area contributed by atoms with Gasteiger partial charge in [-0.05, 0) is 45.0 Å². The molecule has 0 amide bonds. The second-order valence-electron chi connectivity index (χ2n) is 7.12. The molecular formula is C21H21NO4S. The van der Waals surface area contributed by atoms with E-state index in [1.54, 1.807) is 62.9 Å². The van der Waals surface area contributed by atoms with Gasteiger partial charge in [0.15, 0.2) is 5.78 Å². The molecule has 0 fully saturated rings. The SMILES string of the molecule is CN1C(=CC(=O)c2ccc(C(=O)OOC(C)(C)C)cc2)Sc2ccccc21. The van der Waals surface area contributed by atoms with E-state index in [2.05, 4.69) is 0 Å². The first-order valence-corrected chi connectivity index (χ1v) is 9.33. The van der Waals surface area contributed by atoms with Crippen LogP contribution < -0.4 is 4.90 Å². The summed E-state index contributed by atoms with van der Waals surface area (Å²) >= 11 is 1.56. The van der Waals surface area contributed by atoms with Crippen LogP contribution in [0.25, 0.3) is 0 Å². The molecule has 0 saturated carbocycles. The fourth-order valence-corrected chi connectivity index (χ4v) is 3.51. The summed E-state index contributed by atoms with van der Waals surface area (Å²) in [6.07, 6.45) is 1.61. The molecule has 1 aliphatic heterocycles. The lowest BCUT2D eigenvalue weighted by Gasteiger charge is -2.16. The summed E-state index contributed by atoms with van der Waals surface area (Å²) in [4.78, 5) is 37.5. The Labute approximate surface area is 162 Å². The van der Waals surface area contributed by atoms with Crippen LogP contribution in [0.5, 0.6) is 0 Å². The number of nitrogens with zero attached hydrogens (tertiary/aromatic N) is 1. The van der Waals surface area contributed by atoms with Gasteiger partial charge < -0.3 is 4.90 Å². The maximum atomic E-state index is 12.6. The maximum Gasteiger partial charge on any atom is 0.373 e. The average Bonchev–Trinajstić information content (AvgIpc) is 2.95. The molecule has 0 bridgehead atoms. The molecule has 0 N–H and O–H groups in total. The monoisotopic (exact) mass is 383 g/mol. The van der Waals surface area contributed by atoms with E-state index < -0.39 is 11.6 Å². The Morgan fingerprint density at radius 2 is 1.63 bits per heavy atom. The molecule has 0 aliphatic carbocycles. The van der Waals surface area contributed by atoms with Gasteiger partial charge in [0, 0.05) is 23.6 Å². The van der Waals surface area contributed by atoms with Crippen molar-refractivity contribution in [3.8, 4) is 0 Å². The molecule has 2 aromatic rings. The highest BCUT2D eigenvalue weighted by Crippen LogP contribution is 2.44. The van der Waals surface area contributed by atoms with Crippen molar-refractivity contribution in [2.75, 3.05) is 11.9 Å². The van der Waals surface area contributed by atoms with Gasteiger partial charge in [0.05, 0.1) is 16.3 Å². The highest BCUT2D eigenvalue weighted by molar-refractivity contribution is 8.03. The van der Waals surface area contributed by atoms with Gasteiger partial charge in [0.1, 0.15) is 5.60 Å². The summed E-state index contributed by atoms with van der Waals surface area (Å²) < 4.78 is 0. The summed E-state index contributed by atoms with van der Waals surface area (Å²) in [6, 6.07) is 14.3. The van der Waals surface area contributed by atoms with Crippen LogP contribution in [0.2, 0.25) is 0 Å². The Kier molecular flexibility index (Phi) is 5.39. The highest BCUT2D eigenvalue weighted by Gasteiger charge is 2.22. The zero-order valence-corrected chi connectivity index (χ0v) is 16.5. The van der Waals surface area contributed by atoms with Crippen molar-refractivity contribution in [1.82, 2.24) is 0 Å². The minimum Gasteiger partial charge on any atom is -0.338 e. The molecule has 0 atom stereocenters. The number of thioether (sulfide) groups is 1. The van der Waals surface area contributed by atoms with Crippen LogP contribution >= 0.6 is 11.8 Å². The van der Waals surface area contributed by atoms with Crippen LogP contribution in [0, 0.1) is 0 Å². The number of carbonyl (C=O) groups excluding carboxylic acids is 2. The van der Waals surface area contributed by atoms with Crippen molar-refractivity contribution in [2.24, 2.45) is 0 Å². The third-order valence-electron chi connectivity index (χ3n) is 3.80. The van der Waals surface area contributed by atoms with Crippen molar-refractivity contribution >= 4 is 29.2 Å². The normalized spacial score (nSPS) is 15.0. The van der Waals surface area contributed by atoms with Gasteiger partial charge in [0.25, 0.3) is 0 Å². The molecule has 1 aliphatic rings. The third kappa shape index (κ3) is 4.59. The fourth-order valence-electron chi connectivity index (χ4n) is 2.42. The van der Waals surface area contributed by atoms with E-state index in [-0.39, 0.29) is 5.78 Å². The van der Waals surface area contributed by atoms with Gasteiger partial charge in [-0.3, -0.25) is 9.68 Å². The number of rotatable bonds is 4. The van der Waals surface area contributed by atoms with Crippen LogP contribution in [-0.2, 0) is 9.78 Å². The number of hydrogen-bond donors (Lipinski definition) is 0. The van der Waals surface area contributed by atoms with E-state index in [1.165, 1.54) is 0 Å². The van der Waals surface area contributed by atoms with Gasteiger partial charge in [-0.25, -0.2) is 4.79 Å². The van der Waals surface area contributed by atoms with Gasteiger partial charge in [-0.2, -0.15) is 4.89 Å². The van der Waals surface area contributed by atoms with Crippen LogP contribution in [0.3, 0.4) is 0 Å². The lowest BCUT2D eigenvalue weighted by molar-refractivity contribution is -0.301. The number of anilines is 1. The van der Waals surface area contributed by atoms with E-state index in [1.807, 2.05) is 36.2 Å². The molecule has 0 aromatic heterocycles. The second kappa shape index (κ2) is 7.58. The number of allylic oxidation sites excluding steroid dienone is 1. The Hall–Kier alpha value is -2.57. The summed E-state index contributed by atoms with van der Waals surface area (Å²) in [5, 5.41) is 0.864. The lowest BCUT2D eigenvalue weighted by Crippen LogP contribution is -2.21. The Balaban J connectivity index is 1.69. The fraction of sp³-hybridized carbons (Fsp3) is 0.238.